The van der Waals surface area contributed by atoms with Gasteiger partial charge in [-0.25, -0.2) is 4.79 Å². The molecule has 0 unspecified atom stereocenters. The number of ketones is 1. The van der Waals surface area contributed by atoms with E-state index < -0.39 is 23.6 Å². The second kappa shape index (κ2) is 5.31. The third kappa shape index (κ3) is 3.26. The summed E-state index contributed by atoms with van der Waals surface area (Å²) in [4.78, 5) is 21.6. The summed E-state index contributed by atoms with van der Waals surface area (Å²) in [6.45, 7) is 1.15. The first-order chi connectivity index (χ1) is 8.15. The molecule has 8 heteroatoms. The highest BCUT2D eigenvalue weighted by Gasteiger charge is 2.43. The standard InChI is InChI=1S/C10H6Br2F2O4/c1-4(15)6-2-5(11)3-7(12)8(6)18-10(13,14)9(16)17/h2-3H,1H3,(H,16,17). The van der Waals surface area contributed by atoms with Gasteiger partial charge in [-0.3, -0.25) is 4.79 Å². The van der Waals surface area contributed by atoms with Gasteiger partial charge in [-0.05, 0) is 35.0 Å². The van der Waals surface area contributed by atoms with E-state index >= 15 is 0 Å². The van der Waals surface area contributed by atoms with Crippen molar-refractivity contribution in [2.75, 3.05) is 0 Å². The maximum Gasteiger partial charge on any atom is 0.501 e. The third-order valence-corrected chi connectivity index (χ3v) is 2.91. The first kappa shape index (κ1) is 15.0. The predicted octanol–water partition coefficient (Wildman–Crippen LogP) is 3.47. The molecule has 0 atom stereocenters. The molecule has 1 rings (SSSR count). The zero-order valence-corrected chi connectivity index (χ0v) is 12.0. The molecule has 98 valence electrons. The minimum absolute atomic E-state index is 0.0444. The molecular formula is C10H6Br2F2O4. The Kier molecular flexibility index (Phi) is 4.44. The summed E-state index contributed by atoms with van der Waals surface area (Å²) in [5.74, 6) is -3.49. The van der Waals surface area contributed by atoms with Gasteiger partial charge in [-0.15, -0.1) is 0 Å². The molecule has 1 aromatic rings. The second-order valence-electron chi connectivity index (χ2n) is 3.24. The quantitative estimate of drug-likeness (QED) is 0.803. The molecule has 0 saturated carbocycles. The Morgan fingerprint density at radius 3 is 2.33 bits per heavy atom. The van der Waals surface area contributed by atoms with Crippen LogP contribution in [0.5, 0.6) is 5.75 Å². The van der Waals surface area contributed by atoms with Crippen molar-refractivity contribution < 1.29 is 28.2 Å². The number of aliphatic carboxylic acids is 1. The summed E-state index contributed by atoms with van der Waals surface area (Å²) in [5, 5.41) is 8.29. The van der Waals surface area contributed by atoms with E-state index in [1.165, 1.54) is 12.1 Å². The molecule has 0 spiro atoms. The molecule has 0 aliphatic carbocycles. The summed E-state index contributed by atoms with van der Waals surface area (Å²) >= 11 is 6.02. The molecule has 0 bridgehead atoms. The van der Waals surface area contributed by atoms with Crippen molar-refractivity contribution in [2.24, 2.45) is 0 Å². The highest BCUT2D eigenvalue weighted by Crippen LogP contribution is 2.36. The van der Waals surface area contributed by atoms with E-state index in [1.807, 2.05) is 0 Å². The number of rotatable bonds is 4. The number of hydrogen-bond donors (Lipinski definition) is 1. The number of carbonyl (C=O) groups is 2. The van der Waals surface area contributed by atoms with E-state index in [1.54, 1.807) is 0 Å². The first-order valence-corrected chi connectivity index (χ1v) is 6.04. The molecule has 0 aliphatic rings. The fourth-order valence-corrected chi connectivity index (χ4v) is 2.40. The van der Waals surface area contributed by atoms with Crippen LogP contribution in [0.15, 0.2) is 21.1 Å². The lowest BCUT2D eigenvalue weighted by molar-refractivity contribution is -0.211. The van der Waals surface area contributed by atoms with Crippen molar-refractivity contribution in [3.8, 4) is 5.75 Å². The Labute approximate surface area is 117 Å². The maximum atomic E-state index is 13.0. The number of ether oxygens (including phenoxy) is 1. The van der Waals surface area contributed by atoms with E-state index in [0.29, 0.717) is 4.47 Å². The molecule has 0 fully saturated rings. The van der Waals surface area contributed by atoms with E-state index in [-0.39, 0.29) is 10.0 Å². The molecule has 1 N–H and O–H groups in total. The van der Waals surface area contributed by atoms with Crippen molar-refractivity contribution >= 4 is 43.6 Å². The molecule has 0 aliphatic heterocycles. The molecule has 4 nitrogen and oxygen atoms in total. The SMILES string of the molecule is CC(=O)c1cc(Br)cc(Br)c1OC(F)(F)C(=O)O. The van der Waals surface area contributed by atoms with Gasteiger partial charge in [0.05, 0.1) is 10.0 Å². The lowest BCUT2D eigenvalue weighted by Crippen LogP contribution is -2.35. The summed E-state index contributed by atoms with van der Waals surface area (Å²) in [6, 6.07) is 2.63. The first-order valence-electron chi connectivity index (χ1n) is 4.45. The van der Waals surface area contributed by atoms with Crippen molar-refractivity contribution in [1.29, 1.82) is 0 Å². The van der Waals surface area contributed by atoms with Crippen molar-refractivity contribution in [1.82, 2.24) is 0 Å². The van der Waals surface area contributed by atoms with E-state index in [0.717, 1.165) is 6.92 Å². The van der Waals surface area contributed by atoms with Crippen LogP contribution in [-0.4, -0.2) is 23.0 Å². The molecule has 0 heterocycles. The number of carboxylic acid groups (broad SMARTS) is 1. The van der Waals surface area contributed by atoms with Crippen LogP contribution in [0.1, 0.15) is 17.3 Å². The van der Waals surface area contributed by atoms with Gasteiger partial charge in [0.2, 0.25) is 0 Å². The number of Topliss-reactive ketones (excluding diaryl/α,β-unsaturated/α-hetero) is 1. The molecule has 0 amide bonds. The largest absolute Gasteiger partial charge is 0.501 e. The lowest BCUT2D eigenvalue weighted by Gasteiger charge is -2.17. The monoisotopic (exact) mass is 386 g/mol. The van der Waals surface area contributed by atoms with Gasteiger partial charge >= 0.3 is 12.1 Å². The number of hydrogen-bond acceptors (Lipinski definition) is 3. The number of benzene rings is 1. The summed E-state index contributed by atoms with van der Waals surface area (Å²) in [5.41, 5.74) is -0.155. The van der Waals surface area contributed by atoms with E-state index in [2.05, 4.69) is 36.6 Å². The van der Waals surface area contributed by atoms with Gasteiger partial charge in [0.15, 0.2) is 11.5 Å². The van der Waals surface area contributed by atoms with Gasteiger partial charge in [0.1, 0.15) is 0 Å². The van der Waals surface area contributed by atoms with Gasteiger partial charge < -0.3 is 9.84 Å². The Hall–Kier alpha value is -1.02. The average Bonchev–Trinajstić information content (AvgIpc) is 2.21. The molecule has 0 saturated heterocycles. The minimum atomic E-state index is -4.42. The van der Waals surface area contributed by atoms with Crippen LogP contribution in [0.4, 0.5) is 8.78 Å². The molecule has 1 aromatic carbocycles. The van der Waals surface area contributed by atoms with Gasteiger partial charge in [-0.2, -0.15) is 8.78 Å². The summed E-state index contributed by atoms with van der Waals surface area (Å²) in [7, 11) is 0. The fraction of sp³-hybridized carbons (Fsp3) is 0.200. The second-order valence-corrected chi connectivity index (χ2v) is 5.01. The Balaban J connectivity index is 3.32. The van der Waals surface area contributed by atoms with Crippen molar-refractivity contribution in [3.63, 3.8) is 0 Å². The number of alkyl halides is 2. The molecular weight excluding hydrogens is 382 g/mol. The van der Waals surface area contributed by atoms with Crippen molar-refractivity contribution in [2.45, 2.75) is 13.0 Å². The van der Waals surface area contributed by atoms with E-state index in [9.17, 15) is 18.4 Å². The summed E-state index contributed by atoms with van der Waals surface area (Å²) < 4.78 is 30.6. The normalized spacial score (nSPS) is 11.2. The number of carbonyl (C=O) groups excluding carboxylic acids is 1. The van der Waals surface area contributed by atoms with Crippen LogP contribution < -0.4 is 4.74 Å². The van der Waals surface area contributed by atoms with Crippen LogP contribution in [0.2, 0.25) is 0 Å². The maximum absolute atomic E-state index is 13.0. The van der Waals surface area contributed by atoms with Crippen LogP contribution in [-0.2, 0) is 4.79 Å². The van der Waals surface area contributed by atoms with Crippen LogP contribution in [0, 0.1) is 0 Å². The van der Waals surface area contributed by atoms with Crippen LogP contribution in [0.25, 0.3) is 0 Å². The van der Waals surface area contributed by atoms with Crippen LogP contribution in [0.3, 0.4) is 0 Å². The Morgan fingerprint density at radius 2 is 1.89 bits per heavy atom. The number of carboxylic acids is 1. The van der Waals surface area contributed by atoms with Gasteiger partial charge in [-0.1, -0.05) is 15.9 Å². The predicted molar refractivity (Wildman–Crippen MR) is 65.1 cm³/mol. The molecule has 0 aromatic heterocycles. The highest BCUT2D eigenvalue weighted by atomic mass is 79.9. The third-order valence-electron chi connectivity index (χ3n) is 1.87. The number of halogens is 4. The fourth-order valence-electron chi connectivity index (χ4n) is 1.10. The lowest BCUT2D eigenvalue weighted by atomic mass is 10.1. The zero-order valence-electron chi connectivity index (χ0n) is 8.84. The van der Waals surface area contributed by atoms with Gasteiger partial charge in [0, 0.05) is 4.47 Å². The zero-order chi connectivity index (χ0) is 14.1. The van der Waals surface area contributed by atoms with Crippen LogP contribution >= 0.6 is 31.9 Å². The molecule has 0 radical (unpaired) electrons. The van der Waals surface area contributed by atoms with Crippen molar-refractivity contribution in [3.05, 3.63) is 26.6 Å². The average molecular weight is 388 g/mol. The highest BCUT2D eigenvalue weighted by molar-refractivity contribution is 9.11. The minimum Gasteiger partial charge on any atom is -0.474 e. The molecule has 18 heavy (non-hydrogen) atoms. The smallest absolute Gasteiger partial charge is 0.474 e. The topological polar surface area (TPSA) is 63.6 Å². The van der Waals surface area contributed by atoms with E-state index in [4.69, 9.17) is 5.11 Å². The Morgan fingerprint density at radius 1 is 1.33 bits per heavy atom. The summed E-state index contributed by atoms with van der Waals surface area (Å²) in [6.07, 6.45) is -4.42. The Bertz CT molecular complexity index is 517. The van der Waals surface area contributed by atoms with Gasteiger partial charge in [0.25, 0.3) is 0 Å².